The Kier molecular flexibility index (Phi) is 7.85. The summed E-state index contributed by atoms with van der Waals surface area (Å²) in [6.07, 6.45) is 2.92. The van der Waals surface area contributed by atoms with Crippen molar-refractivity contribution in [1.29, 1.82) is 0 Å². The molecule has 2 amide bonds. The summed E-state index contributed by atoms with van der Waals surface area (Å²) < 4.78 is 4.79. The van der Waals surface area contributed by atoms with E-state index in [0.717, 1.165) is 5.56 Å². The highest BCUT2D eigenvalue weighted by molar-refractivity contribution is 6.36. The number of benzene rings is 2. The quantitative estimate of drug-likeness (QED) is 0.545. The van der Waals surface area contributed by atoms with Crippen molar-refractivity contribution in [3.63, 3.8) is 0 Å². The number of anilines is 1. The SMILES string of the molecule is O=C(/C=C/c1ccccc1)NCC(=O)OCC(=O)Nc1ccc(Cl)cc1Cl. The third-order valence-corrected chi connectivity index (χ3v) is 3.75. The molecule has 0 bridgehead atoms. The van der Waals surface area contributed by atoms with Gasteiger partial charge in [0.2, 0.25) is 5.91 Å². The second-order valence-electron chi connectivity index (χ2n) is 5.29. The zero-order valence-corrected chi connectivity index (χ0v) is 15.6. The number of amides is 2. The molecule has 0 aliphatic heterocycles. The molecular formula is C19H16Cl2N2O4. The molecule has 0 atom stereocenters. The molecule has 2 N–H and O–H groups in total. The summed E-state index contributed by atoms with van der Waals surface area (Å²) in [5.74, 6) is -1.76. The fourth-order valence-electron chi connectivity index (χ4n) is 1.93. The molecule has 0 aromatic heterocycles. The fraction of sp³-hybridized carbons (Fsp3) is 0.105. The Labute approximate surface area is 166 Å². The van der Waals surface area contributed by atoms with E-state index in [1.165, 1.54) is 18.2 Å². The smallest absolute Gasteiger partial charge is 0.325 e. The van der Waals surface area contributed by atoms with E-state index in [1.54, 1.807) is 12.1 Å². The summed E-state index contributed by atoms with van der Waals surface area (Å²) in [5.41, 5.74) is 1.20. The number of hydrogen-bond donors (Lipinski definition) is 2. The van der Waals surface area contributed by atoms with Crippen molar-refractivity contribution in [2.75, 3.05) is 18.5 Å². The minimum Gasteiger partial charge on any atom is -0.454 e. The van der Waals surface area contributed by atoms with E-state index in [2.05, 4.69) is 10.6 Å². The molecule has 0 aliphatic carbocycles. The van der Waals surface area contributed by atoms with Crippen LogP contribution < -0.4 is 10.6 Å². The predicted molar refractivity (Wildman–Crippen MR) is 105 cm³/mol. The molecule has 0 saturated heterocycles. The average molecular weight is 407 g/mol. The molecule has 0 heterocycles. The molecule has 0 fully saturated rings. The molecule has 0 spiro atoms. The molecule has 0 aliphatic rings. The molecule has 140 valence electrons. The first kappa shape index (κ1) is 20.5. The number of hydrogen-bond acceptors (Lipinski definition) is 4. The first-order chi connectivity index (χ1) is 12.9. The van der Waals surface area contributed by atoms with Gasteiger partial charge in [-0.05, 0) is 29.8 Å². The number of carbonyl (C=O) groups excluding carboxylic acids is 3. The minimum atomic E-state index is -0.742. The zero-order chi connectivity index (χ0) is 19.6. The number of carbonyl (C=O) groups is 3. The second kappa shape index (κ2) is 10.4. The van der Waals surface area contributed by atoms with Crippen LogP contribution in [0.4, 0.5) is 5.69 Å². The van der Waals surface area contributed by atoms with Crippen LogP contribution in [0.25, 0.3) is 6.08 Å². The number of ether oxygens (including phenoxy) is 1. The lowest BCUT2D eigenvalue weighted by Crippen LogP contribution is -2.31. The highest BCUT2D eigenvalue weighted by atomic mass is 35.5. The van der Waals surface area contributed by atoms with Gasteiger partial charge in [0.15, 0.2) is 6.61 Å². The van der Waals surface area contributed by atoms with Crippen LogP contribution >= 0.6 is 23.2 Å². The summed E-state index contributed by atoms with van der Waals surface area (Å²) in [4.78, 5) is 35.0. The number of halogens is 2. The molecule has 0 radical (unpaired) electrons. The van der Waals surface area contributed by atoms with E-state index < -0.39 is 24.4 Å². The van der Waals surface area contributed by atoms with Crippen molar-refractivity contribution in [3.05, 3.63) is 70.2 Å². The Hall–Kier alpha value is -2.83. The van der Waals surface area contributed by atoms with Crippen molar-refractivity contribution in [2.24, 2.45) is 0 Å². The lowest BCUT2D eigenvalue weighted by Gasteiger charge is -2.08. The lowest BCUT2D eigenvalue weighted by atomic mass is 10.2. The Morgan fingerprint density at radius 1 is 1.04 bits per heavy atom. The van der Waals surface area contributed by atoms with Gasteiger partial charge in [-0.2, -0.15) is 0 Å². The van der Waals surface area contributed by atoms with Crippen molar-refractivity contribution in [1.82, 2.24) is 5.32 Å². The first-order valence-corrected chi connectivity index (χ1v) is 8.61. The first-order valence-electron chi connectivity index (χ1n) is 7.85. The zero-order valence-electron chi connectivity index (χ0n) is 14.1. The Bertz CT molecular complexity index is 854. The maximum Gasteiger partial charge on any atom is 0.325 e. The predicted octanol–water partition coefficient (Wildman–Crippen LogP) is 3.30. The summed E-state index contributed by atoms with van der Waals surface area (Å²) in [6, 6.07) is 13.8. The van der Waals surface area contributed by atoms with Gasteiger partial charge < -0.3 is 15.4 Å². The van der Waals surface area contributed by atoms with E-state index in [0.29, 0.717) is 10.7 Å². The molecule has 8 heteroatoms. The maximum absolute atomic E-state index is 11.8. The number of nitrogens with one attached hydrogen (secondary N) is 2. The van der Waals surface area contributed by atoms with Gasteiger partial charge in [-0.15, -0.1) is 0 Å². The molecule has 2 rings (SSSR count). The number of esters is 1. The Morgan fingerprint density at radius 3 is 2.48 bits per heavy atom. The highest BCUT2D eigenvalue weighted by Crippen LogP contribution is 2.25. The van der Waals surface area contributed by atoms with Crippen molar-refractivity contribution >= 4 is 52.7 Å². The van der Waals surface area contributed by atoms with Gasteiger partial charge in [0.05, 0.1) is 10.7 Å². The van der Waals surface area contributed by atoms with Gasteiger partial charge in [-0.1, -0.05) is 53.5 Å². The van der Waals surface area contributed by atoms with Crippen LogP contribution in [0.15, 0.2) is 54.6 Å². The third kappa shape index (κ3) is 7.52. The summed E-state index contributed by atoms with van der Waals surface area (Å²) in [5, 5.41) is 5.56. The van der Waals surface area contributed by atoms with Gasteiger partial charge in [0, 0.05) is 11.1 Å². The monoisotopic (exact) mass is 406 g/mol. The van der Waals surface area contributed by atoms with E-state index in [9.17, 15) is 14.4 Å². The van der Waals surface area contributed by atoms with Crippen LogP contribution in [0.2, 0.25) is 10.0 Å². The van der Waals surface area contributed by atoms with E-state index in [4.69, 9.17) is 27.9 Å². The highest BCUT2D eigenvalue weighted by Gasteiger charge is 2.10. The van der Waals surface area contributed by atoms with Crippen LogP contribution in [0.1, 0.15) is 5.56 Å². The molecular weight excluding hydrogens is 391 g/mol. The van der Waals surface area contributed by atoms with Crippen LogP contribution in [0.5, 0.6) is 0 Å². The topological polar surface area (TPSA) is 84.5 Å². The summed E-state index contributed by atoms with van der Waals surface area (Å²) >= 11 is 11.7. The largest absolute Gasteiger partial charge is 0.454 e. The molecule has 0 unspecified atom stereocenters. The third-order valence-electron chi connectivity index (χ3n) is 3.20. The van der Waals surface area contributed by atoms with Crippen LogP contribution in [0.3, 0.4) is 0 Å². The van der Waals surface area contributed by atoms with Gasteiger partial charge in [-0.25, -0.2) is 0 Å². The lowest BCUT2D eigenvalue weighted by molar-refractivity contribution is -0.146. The summed E-state index contributed by atoms with van der Waals surface area (Å²) in [6.45, 7) is -0.861. The molecule has 2 aromatic carbocycles. The van der Waals surface area contributed by atoms with Gasteiger partial charge >= 0.3 is 5.97 Å². The molecule has 27 heavy (non-hydrogen) atoms. The van der Waals surface area contributed by atoms with Crippen molar-refractivity contribution in [3.8, 4) is 0 Å². The fourth-order valence-corrected chi connectivity index (χ4v) is 2.38. The van der Waals surface area contributed by atoms with Crippen molar-refractivity contribution < 1.29 is 19.1 Å². The summed E-state index contributed by atoms with van der Waals surface area (Å²) in [7, 11) is 0. The van der Waals surface area contributed by atoms with Gasteiger partial charge in [-0.3, -0.25) is 14.4 Å². The van der Waals surface area contributed by atoms with E-state index in [-0.39, 0.29) is 11.6 Å². The molecule has 0 saturated carbocycles. The molecule has 6 nitrogen and oxygen atoms in total. The van der Waals surface area contributed by atoms with Crippen LogP contribution in [-0.4, -0.2) is 30.9 Å². The normalized spacial score (nSPS) is 10.4. The van der Waals surface area contributed by atoms with Gasteiger partial charge in [0.25, 0.3) is 5.91 Å². The molecule has 2 aromatic rings. The number of rotatable bonds is 7. The Balaban J connectivity index is 1.70. The van der Waals surface area contributed by atoms with Crippen molar-refractivity contribution in [2.45, 2.75) is 0 Å². The van der Waals surface area contributed by atoms with Crippen LogP contribution in [0, 0.1) is 0 Å². The van der Waals surface area contributed by atoms with Crippen LogP contribution in [-0.2, 0) is 19.1 Å². The van der Waals surface area contributed by atoms with Gasteiger partial charge in [0.1, 0.15) is 6.54 Å². The van der Waals surface area contributed by atoms with E-state index >= 15 is 0 Å². The van der Waals surface area contributed by atoms with E-state index in [1.807, 2.05) is 30.3 Å². The Morgan fingerprint density at radius 2 is 1.78 bits per heavy atom. The second-order valence-corrected chi connectivity index (χ2v) is 6.14. The minimum absolute atomic E-state index is 0.264. The maximum atomic E-state index is 11.8. The standard InChI is InChI=1S/C19H16Cl2N2O4/c20-14-7-8-16(15(21)10-14)23-18(25)12-27-19(26)11-22-17(24)9-6-13-4-2-1-3-5-13/h1-10H,11-12H2,(H,22,24)(H,23,25)/b9-6+. The average Bonchev–Trinajstić information content (AvgIpc) is 2.66.